The largest absolute Gasteiger partial charge is 0.313 e. The molecule has 21 heavy (non-hydrogen) atoms. The minimum atomic E-state index is -3.49. The Hall–Kier alpha value is -0.620. The predicted molar refractivity (Wildman–Crippen MR) is 88.1 cm³/mol. The first-order valence-electron chi connectivity index (χ1n) is 7.43. The minimum absolute atomic E-state index is 0.221. The molecule has 0 unspecified atom stereocenters. The lowest BCUT2D eigenvalue weighted by Gasteiger charge is -2.14. The Labute approximate surface area is 133 Å². The lowest BCUT2D eigenvalue weighted by atomic mass is 10.0. The number of sulfonamides is 1. The third-order valence-electron chi connectivity index (χ3n) is 3.62. The molecule has 0 aliphatic rings. The van der Waals surface area contributed by atoms with Gasteiger partial charge in [0.2, 0.25) is 10.0 Å². The average Bonchev–Trinajstić information content (AvgIpc) is 2.47. The Morgan fingerprint density at radius 1 is 1.19 bits per heavy atom. The van der Waals surface area contributed by atoms with E-state index in [1.807, 2.05) is 6.92 Å². The van der Waals surface area contributed by atoms with Crippen LogP contribution in [-0.4, -0.2) is 21.5 Å². The van der Waals surface area contributed by atoms with Crippen LogP contribution in [0.2, 0.25) is 5.02 Å². The summed E-state index contributed by atoms with van der Waals surface area (Å²) < 4.78 is 27.2. The monoisotopic (exact) mass is 332 g/mol. The van der Waals surface area contributed by atoms with E-state index >= 15 is 0 Å². The zero-order valence-electron chi connectivity index (χ0n) is 12.9. The fourth-order valence-corrected chi connectivity index (χ4v) is 3.44. The van der Waals surface area contributed by atoms with E-state index in [-0.39, 0.29) is 4.90 Å². The van der Waals surface area contributed by atoms with E-state index in [0.29, 0.717) is 24.0 Å². The standard InChI is InChI=1S/C15H25ClN2O2S/c1-4-12(5-2)10-18-21(19,20)14-8-7-13(11-17-6-3)15(16)9-14/h7-9,12,17-18H,4-6,10-11H2,1-3H3. The van der Waals surface area contributed by atoms with E-state index in [0.717, 1.165) is 24.9 Å². The van der Waals surface area contributed by atoms with Gasteiger partial charge in [0, 0.05) is 18.1 Å². The van der Waals surface area contributed by atoms with Crippen LogP contribution in [-0.2, 0) is 16.6 Å². The van der Waals surface area contributed by atoms with Gasteiger partial charge in [0.05, 0.1) is 4.90 Å². The van der Waals surface area contributed by atoms with E-state index in [2.05, 4.69) is 23.9 Å². The van der Waals surface area contributed by atoms with E-state index in [4.69, 9.17) is 11.6 Å². The van der Waals surface area contributed by atoms with Crippen LogP contribution in [0, 0.1) is 5.92 Å². The number of rotatable bonds is 9. The number of hydrogen-bond acceptors (Lipinski definition) is 3. The highest BCUT2D eigenvalue weighted by atomic mass is 35.5. The molecule has 0 fully saturated rings. The summed E-state index contributed by atoms with van der Waals surface area (Å²) in [5.41, 5.74) is 0.900. The van der Waals surface area contributed by atoms with Crippen LogP contribution in [0.5, 0.6) is 0 Å². The van der Waals surface area contributed by atoms with E-state index in [1.54, 1.807) is 12.1 Å². The molecule has 0 heterocycles. The van der Waals surface area contributed by atoms with Gasteiger partial charge in [0.1, 0.15) is 0 Å². The Morgan fingerprint density at radius 2 is 1.86 bits per heavy atom. The summed E-state index contributed by atoms with van der Waals surface area (Å²) in [5, 5.41) is 3.64. The van der Waals surface area contributed by atoms with Crippen molar-refractivity contribution in [3.8, 4) is 0 Å². The maximum atomic E-state index is 12.3. The molecule has 120 valence electrons. The molecule has 0 aliphatic heterocycles. The lowest BCUT2D eigenvalue weighted by molar-refractivity contribution is 0.479. The molecule has 0 bridgehead atoms. The molecule has 0 saturated carbocycles. The Balaban J connectivity index is 2.81. The fourth-order valence-electron chi connectivity index (χ4n) is 1.99. The van der Waals surface area contributed by atoms with Crippen LogP contribution >= 0.6 is 11.6 Å². The van der Waals surface area contributed by atoms with Crippen LogP contribution in [0.15, 0.2) is 23.1 Å². The molecular weight excluding hydrogens is 308 g/mol. The molecule has 0 amide bonds. The first kappa shape index (κ1) is 18.4. The highest BCUT2D eigenvalue weighted by Crippen LogP contribution is 2.21. The van der Waals surface area contributed by atoms with Gasteiger partial charge in [-0.3, -0.25) is 0 Å². The summed E-state index contributed by atoms with van der Waals surface area (Å²) in [6.07, 6.45) is 1.92. The maximum Gasteiger partial charge on any atom is 0.240 e. The van der Waals surface area contributed by atoms with Crippen molar-refractivity contribution >= 4 is 21.6 Å². The van der Waals surface area contributed by atoms with Gasteiger partial charge in [-0.15, -0.1) is 0 Å². The Bertz CT molecular complexity index is 543. The van der Waals surface area contributed by atoms with Crippen LogP contribution in [0.25, 0.3) is 0 Å². The Kier molecular flexibility index (Phi) is 7.66. The van der Waals surface area contributed by atoms with Gasteiger partial charge in [-0.2, -0.15) is 0 Å². The molecule has 1 rings (SSSR count). The molecule has 1 aromatic rings. The summed E-state index contributed by atoms with van der Waals surface area (Å²) in [6.45, 7) is 8.08. The van der Waals surface area contributed by atoms with Gasteiger partial charge in [-0.1, -0.05) is 51.3 Å². The van der Waals surface area contributed by atoms with Crippen molar-refractivity contribution in [2.75, 3.05) is 13.1 Å². The van der Waals surface area contributed by atoms with Crippen molar-refractivity contribution < 1.29 is 8.42 Å². The average molecular weight is 333 g/mol. The molecule has 0 radical (unpaired) electrons. The van der Waals surface area contributed by atoms with Gasteiger partial charge in [0.15, 0.2) is 0 Å². The molecule has 0 saturated heterocycles. The molecular formula is C15H25ClN2O2S. The summed E-state index contributed by atoms with van der Waals surface area (Å²) in [7, 11) is -3.49. The summed E-state index contributed by atoms with van der Waals surface area (Å²) in [5.74, 6) is 0.364. The second-order valence-electron chi connectivity index (χ2n) is 5.07. The fraction of sp³-hybridized carbons (Fsp3) is 0.600. The van der Waals surface area contributed by atoms with Crippen molar-refractivity contribution in [1.82, 2.24) is 10.0 Å². The zero-order chi connectivity index (χ0) is 15.9. The van der Waals surface area contributed by atoms with Gasteiger partial charge in [0.25, 0.3) is 0 Å². The molecule has 4 nitrogen and oxygen atoms in total. The van der Waals surface area contributed by atoms with Gasteiger partial charge < -0.3 is 5.32 Å². The smallest absolute Gasteiger partial charge is 0.240 e. The molecule has 6 heteroatoms. The molecule has 1 aromatic carbocycles. The van der Waals surface area contributed by atoms with Gasteiger partial charge in [-0.25, -0.2) is 13.1 Å². The van der Waals surface area contributed by atoms with E-state index in [9.17, 15) is 8.42 Å². The number of benzene rings is 1. The SMILES string of the molecule is CCNCc1ccc(S(=O)(=O)NCC(CC)CC)cc1Cl. The summed E-state index contributed by atoms with van der Waals surface area (Å²) in [4.78, 5) is 0.221. The summed E-state index contributed by atoms with van der Waals surface area (Å²) in [6, 6.07) is 4.88. The van der Waals surface area contributed by atoms with Gasteiger partial charge >= 0.3 is 0 Å². The zero-order valence-corrected chi connectivity index (χ0v) is 14.5. The van der Waals surface area contributed by atoms with Crippen LogP contribution < -0.4 is 10.0 Å². The molecule has 0 spiro atoms. The molecule has 0 aliphatic carbocycles. The quantitative estimate of drug-likeness (QED) is 0.730. The van der Waals surface area contributed by atoms with E-state index in [1.165, 1.54) is 6.07 Å². The maximum absolute atomic E-state index is 12.3. The molecule has 2 N–H and O–H groups in total. The minimum Gasteiger partial charge on any atom is -0.313 e. The third-order valence-corrected chi connectivity index (χ3v) is 5.39. The number of hydrogen-bond donors (Lipinski definition) is 2. The highest BCUT2D eigenvalue weighted by Gasteiger charge is 2.17. The second kappa shape index (κ2) is 8.73. The van der Waals surface area contributed by atoms with E-state index < -0.39 is 10.0 Å². The van der Waals surface area contributed by atoms with Crippen molar-refractivity contribution in [1.29, 1.82) is 0 Å². The predicted octanol–water partition coefficient (Wildman–Crippen LogP) is 3.16. The topological polar surface area (TPSA) is 58.2 Å². The van der Waals surface area contributed by atoms with Crippen molar-refractivity contribution in [3.63, 3.8) is 0 Å². The van der Waals surface area contributed by atoms with Crippen molar-refractivity contribution in [2.24, 2.45) is 5.92 Å². The first-order valence-corrected chi connectivity index (χ1v) is 9.29. The van der Waals surface area contributed by atoms with Gasteiger partial charge in [-0.05, 0) is 30.2 Å². The van der Waals surface area contributed by atoms with Crippen LogP contribution in [0.4, 0.5) is 0 Å². The lowest BCUT2D eigenvalue weighted by Crippen LogP contribution is -2.29. The highest BCUT2D eigenvalue weighted by molar-refractivity contribution is 7.89. The van der Waals surface area contributed by atoms with Crippen molar-refractivity contribution in [3.05, 3.63) is 28.8 Å². The first-order chi connectivity index (χ1) is 9.94. The number of halogens is 1. The van der Waals surface area contributed by atoms with Crippen molar-refractivity contribution in [2.45, 2.75) is 45.1 Å². The summed E-state index contributed by atoms with van der Waals surface area (Å²) >= 11 is 6.16. The molecule has 0 atom stereocenters. The van der Waals surface area contributed by atoms with Crippen LogP contribution in [0.1, 0.15) is 39.2 Å². The molecule has 0 aromatic heterocycles. The third kappa shape index (κ3) is 5.58. The Morgan fingerprint density at radius 3 is 2.38 bits per heavy atom. The number of nitrogens with one attached hydrogen (secondary N) is 2. The second-order valence-corrected chi connectivity index (χ2v) is 7.24. The normalized spacial score (nSPS) is 12.0. The van der Waals surface area contributed by atoms with Crippen LogP contribution in [0.3, 0.4) is 0 Å².